The number of aromatic nitrogens is 6. The molecule has 0 spiro atoms. The Morgan fingerprint density at radius 1 is 0.205 bits per heavy atom. The fourth-order valence-electron chi connectivity index (χ4n) is 14.9. The number of hydrogen-bond acceptors (Lipinski definition) is 8. The van der Waals surface area contributed by atoms with Gasteiger partial charge in [0.25, 0.3) is 0 Å². The zero-order chi connectivity index (χ0) is 75.1. The number of nitrogens with zero attached hydrogens (tertiary/aromatic N) is 6. The highest BCUT2D eigenvalue weighted by atomic mass is 35.5. The zero-order valence-corrected chi connectivity index (χ0v) is 61.4. The molecule has 0 aliphatic rings. The molecule has 0 fully saturated rings. The highest BCUT2D eigenvalue weighted by Gasteiger charge is 2.20. The smallest absolute Gasteiger partial charge is 0.537 e. The zero-order valence-electron chi connectivity index (χ0n) is 60.6. The van der Waals surface area contributed by atoms with Crippen LogP contribution in [-0.4, -0.2) is 42.6 Å². The fourth-order valence-corrected chi connectivity index (χ4v) is 15.0. The Morgan fingerprint density at radius 2 is 0.536 bits per heavy atom. The summed E-state index contributed by atoms with van der Waals surface area (Å²) in [7, 11) is 0.683. The summed E-state index contributed by atoms with van der Waals surface area (Å²) in [6.07, 6.45) is 0. The Bertz CT molecular complexity index is 6720. The van der Waals surface area contributed by atoms with Crippen LogP contribution in [0.1, 0.15) is 0 Å². The van der Waals surface area contributed by atoms with Crippen molar-refractivity contribution < 1.29 is 9.68 Å². The highest BCUT2D eigenvalue weighted by Crippen LogP contribution is 2.42. The van der Waals surface area contributed by atoms with Gasteiger partial charge < -0.3 is 9.68 Å². The molecule has 20 rings (SSSR count). The molecule has 0 saturated carbocycles. The van der Waals surface area contributed by atoms with Gasteiger partial charge in [0.15, 0.2) is 0 Å². The molecule has 6 heterocycles. The summed E-state index contributed by atoms with van der Waals surface area (Å²) >= 11 is 6.27. The monoisotopic (exact) mass is 1450 g/mol. The Balaban J connectivity index is 0.000000128. The van der Waals surface area contributed by atoms with E-state index in [-0.39, 0.29) is 0 Å². The van der Waals surface area contributed by atoms with Crippen LogP contribution in [0.2, 0.25) is 5.15 Å². The van der Waals surface area contributed by atoms with Crippen molar-refractivity contribution in [2.45, 2.75) is 0 Å². The van der Waals surface area contributed by atoms with Crippen molar-refractivity contribution in [1.29, 1.82) is 0 Å². The maximum absolute atomic E-state index is 8.90. The van der Waals surface area contributed by atoms with Crippen LogP contribution >= 0.6 is 11.6 Å². The lowest BCUT2D eigenvalue weighted by molar-refractivity contribution is 0.454. The number of halogens is 1. The van der Waals surface area contributed by atoms with Crippen molar-refractivity contribution >= 4 is 84.4 Å². The third kappa shape index (κ3) is 14.6. The molecule has 10 heteroatoms. The summed E-state index contributed by atoms with van der Waals surface area (Å²) < 4.78 is 5.10. The highest BCUT2D eigenvalue weighted by molar-refractivity contribution is 6.30. The van der Waals surface area contributed by atoms with E-state index >= 15 is 0 Å². The summed E-state index contributed by atoms with van der Waals surface area (Å²) in [4.78, 5) is 30.5. The van der Waals surface area contributed by atoms with Gasteiger partial charge in [-0.1, -0.05) is 339 Å². The standard InChI is InChI=1S/C51H33N3.C28H17ClN2.C23H17BNO2/c1-4-14-34(15-5-1)41-31-47(36-17-6-2-7-18-36)52-48(32-41)40-23-12-22-39(30-40)46-29-27-38-26-28-44-45(43-25-13-21-35-16-10-11-24-42(35)43)33-49(37-19-8-3-9-20-37)54-51(44)50(38)53-46;29-26-16-14-20-13-15-23-24(22-12-6-10-18-7-4-5-11-21(18)22)17-25(19-8-2-1-3-9-19)30-28(23)27(20)31-26;26-24-27-21-13-7-12-19(14-21)23-16-20(17-8-3-1-4-9-17)15-22(25-23)18-10-5-2-6-11-18/h1-33H;1-17H;1-16,26H. The van der Waals surface area contributed by atoms with Crippen LogP contribution in [0.5, 0.6) is 5.75 Å². The van der Waals surface area contributed by atoms with Gasteiger partial charge in [0.2, 0.25) is 0 Å². The van der Waals surface area contributed by atoms with Gasteiger partial charge in [0, 0.05) is 60.5 Å². The molecule has 112 heavy (non-hydrogen) atoms. The van der Waals surface area contributed by atoms with Crippen molar-refractivity contribution in [2.75, 3.05) is 0 Å². The Hall–Kier alpha value is -14.3. The van der Waals surface area contributed by atoms with E-state index in [4.69, 9.17) is 46.2 Å². The molecular weight excluding hydrogens is 1390 g/mol. The average molecular weight is 1450 g/mol. The number of rotatable bonds is 13. The molecule has 1 N–H and O–H groups in total. The number of hydrogen-bond donors (Lipinski definition) is 1. The van der Waals surface area contributed by atoms with Crippen LogP contribution in [0.25, 0.3) is 188 Å². The van der Waals surface area contributed by atoms with E-state index in [1.165, 1.54) is 32.7 Å². The summed E-state index contributed by atoms with van der Waals surface area (Å²) in [6, 6.07) is 138. The molecule has 0 unspecified atom stereocenters. The van der Waals surface area contributed by atoms with E-state index in [0.717, 1.165) is 156 Å². The first-order chi connectivity index (χ1) is 55.4. The average Bonchev–Trinajstić information content (AvgIpc) is 0.750. The van der Waals surface area contributed by atoms with Crippen molar-refractivity contribution in [2.24, 2.45) is 0 Å². The third-order valence-corrected chi connectivity index (χ3v) is 20.5. The Morgan fingerprint density at radius 3 is 0.991 bits per heavy atom. The Labute approximate surface area is 654 Å². The minimum Gasteiger partial charge on any atom is -0.537 e. The van der Waals surface area contributed by atoms with Crippen LogP contribution in [0.15, 0.2) is 400 Å². The molecule has 0 atom stereocenters. The first kappa shape index (κ1) is 69.4. The van der Waals surface area contributed by atoms with Crippen molar-refractivity contribution in [3.05, 3.63) is 406 Å². The first-order valence-electron chi connectivity index (χ1n) is 37.2. The van der Waals surface area contributed by atoms with Gasteiger partial charge in [-0.25, -0.2) is 29.9 Å². The SMILES string of the molecule is Clc1ccc2ccc3c(-c4cccc5ccccc45)cc(-c4ccccc4)nc3c2n1.O[B]Oc1cccc(-c2cc(-c3ccccc3)cc(-c3ccccc3)n2)c1.c1ccc(-c2cc(-c3ccccc3)nc(-c3cccc(-c4ccc5ccc6c(-c7cccc8ccccc78)cc(-c7ccccc7)nc6c5n4)c3)c2)cc1. The molecule has 527 valence electrons. The summed E-state index contributed by atoms with van der Waals surface area (Å²) in [5, 5.41) is 18.5. The molecule has 0 saturated heterocycles. The van der Waals surface area contributed by atoms with Gasteiger partial charge in [-0.2, -0.15) is 0 Å². The molecule has 0 aliphatic heterocycles. The molecule has 8 nitrogen and oxygen atoms in total. The number of fused-ring (bicyclic) bond motifs is 8. The lowest BCUT2D eigenvalue weighted by Crippen LogP contribution is -1.99. The van der Waals surface area contributed by atoms with Gasteiger partial charge in [-0.05, 0) is 139 Å². The maximum atomic E-state index is 8.90. The van der Waals surface area contributed by atoms with Gasteiger partial charge in [-0.3, -0.25) is 0 Å². The van der Waals surface area contributed by atoms with E-state index in [0.29, 0.717) is 18.6 Å². The minimum atomic E-state index is 0.471. The fraction of sp³-hybridized carbons (Fsp3) is 0. The van der Waals surface area contributed by atoms with Crippen LogP contribution < -0.4 is 4.65 Å². The summed E-state index contributed by atoms with van der Waals surface area (Å²) in [6.45, 7) is 0. The van der Waals surface area contributed by atoms with Crippen LogP contribution in [0, 0.1) is 0 Å². The minimum absolute atomic E-state index is 0.471. The predicted molar refractivity (Wildman–Crippen MR) is 465 cm³/mol. The van der Waals surface area contributed by atoms with E-state index in [1.54, 1.807) is 6.07 Å². The second-order valence-corrected chi connectivity index (χ2v) is 27.7. The molecule has 0 amide bonds. The van der Waals surface area contributed by atoms with Crippen molar-refractivity contribution in [1.82, 2.24) is 29.9 Å². The molecule has 14 aromatic carbocycles. The van der Waals surface area contributed by atoms with Crippen LogP contribution in [0.3, 0.4) is 0 Å². The summed E-state index contributed by atoms with van der Waals surface area (Å²) in [5.41, 5.74) is 26.2. The first-order valence-corrected chi connectivity index (χ1v) is 37.6. The molecule has 6 aromatic heterocycles. The molecule has 20 aromatic rings. The third-order valence-electron chi connectivity index (χ3n) is 20.3. The van der Waals surface area contributed by atoms with E-state index in [9.17, 15) is 0 Å². The van der Waals surface area contributed by atoms with Crippen molar-refractivity contribution in [3.63, 3.8) is 0 Å². The normalized spacial score (nSPS) is 11.1. The van der Waals surface area contributed by atoms with Gasteiger partial charge >= 0.3 is 7.69 Å². The van der Waals surface area contributed by atoms with Gasteiger partial charge in [0.1, 0.15) is 10.9 Å². The quantitative estimate of drug-likeness (QED) is 0.0691. The van der Waals surface area contributed by atoms with Crippen LogP contribution in [0.4, 0.5) is 0 Å². The topological polar surface area (TPSA) is 107 Å². The second-order valence-electron chi connectivity index (χ2n) is 27.3. The van der Waals surface area contributed by atoms with Gasteiger partial charge in [-0.15, -0.1) is 0 Å². The van der Waals surface area contributed by atoms with Gasteiger partial charge in [0.05, 0.1) is 61.9 Å². The van der Waals surface area contributed by atoms with E-state index < -0.39 is 0 Å². The van der Waals surface area contributed by atoms with E-state index in [2.05, 4.69) is 302 Å². The molecule has 1 radical (unpaired) electrons. The number of benzene rings is 14. The van der Waals surface area contributed by atoms with Crippen molar-refractivity contribution in [3.8, 4) is 129 Å². The summed E-state index contributed by atoms with van der Waals surface area (Å²) in [5.74, 6) is 0.558. The molecular formula is C102H67BClN6O2. The number of pyridine rings is 6. The largest absolute Gasteiger partial charge is 0.569 e. The predicted octanol–water partition coefficient (Wildman–Crippen LogP) is 26.2. The lowest BCUT2D eigenvalue weighted by Gasteiger charge is -2.15. The second kappa shape index (κ2) is 31.5. The maximum Gasteiger partial charge on any atom is 0.569 e. The van der Waals surface area contributed by atoms with Crippen LogP contribution in [-0.2, 0) is 0 Å². The molecule has 0 bridgehead atoms. The molecule has 0 aliphatic carbocycles. The lowest BCUT2D eigenvalue weighted by atomic mass is 9.93. The van der Waals surface area contributed by atoms with E-state index in [1.807, 2.05) is 97.1 Å². The Kier molecular flexibility index (Phi) is 19.5.